The van der Waals surface area contributed by atoms with Crippen molar-refractivity contribution in [1.82, 2.24) is 0 Å². The summed E-state index contributed by atoms with van der Waals surface area (Å²) < 4.78 is 0. The molecule has 0 aromatic rings. The first-order chi connectivity index (χ1) is 6.66. The number of ketones is 2. The van der Waals surface area contributed by atoms with E-state index in [2.05, 4.69) is 11.8 Å². The summed E-state index contributed by atoms with van der Waals surface area (Å²) in [5.74, 6) is 5.57. The topological polar surface area (TPSA) is 34.1 Å². The zero-order chi connectivity index (χ0) is 10.6. The van der Waals surface area contributed by atoms with Crippen molar-refractivity contribution in [2.45, 2.75) is 39.5 Å². The molecule has 2 unspecified atom stereocenters. The van der Waals surface area contributed by atoms with Gasteiger partial charge in [0.05, 0.1) is 5.92 Å². The Morgan fingerprint density at radius 2 is 2.07 bits per heavy atom. The summed E-state index contributed by atoms with van der Waals surface area (Å²) in [6.45, 7) is 3.86. The highest BCUT2D eigenvalue weighted by Crippen LogP contribution is 2.24. The molecule has 0 amide bonds. The zero-order valence-corrected chi connectivity index (χ0v) is 8.80. The molecule has 2 nitrogen and oxygen atoms in total. The van der Waals surface area contributed by atoms with Crippen LogP contribution in [0.5, 0.6) is 0 Å². The van der Waals surface area contributed by atoms with E-state index < -0.39 is 5.92 Å². The highest BCUT2D eigenvalue weighted by atomic mass is 16.2. The highest BCUT2D eigenvalue weighted by molar-refractivity contribution is 6.05. The van der Waals surface area contributed by atoms with Crippen molar-refractivity contribution >= 4 is 11.6 Å². The van der Waals surface area contributed by atoms with Crippen molar-refractivity contribution in [3.05, 3.63) is 0 Å². The summed E-state index contributed by atoms with van der Waals surface area (Å²) in [4.78, 5) is 23.1. The molecule has 0 radical (unpaired) electrons. The second-order valence-corrected chi connectivity index (χ2v) is 3.77. The Kier molecular flexibility index (Phi) is 3.88. The lowest BCUT2D eigenvalue weighted by Crippen LogP contribution is -2.33. The Hall–Kier alpha value is -1.10. The van der Waals surface area contributed by atoms with Crippen LogP contribution < -0.4 is 0 Å². The Balaban J connectivity index is 2.63. The molecule has 0 spiro atoms. The fourth-order valence-electron chi connectivity index (χ4n) is 1.69. The molecular weight excluding hydrogens is 176 g/mol. The Morgan fingerprint density at radius 3 is 2.71 bits per heavy atom. The molecule has 0 N–H and O–H groups in total. The quantitative estimate of drug-likeness (QED) is 0.470. The molecule has 0 aliphatic heterocycles. The van der Waals surface area contributed by atoms with E-state index in [0.717, 1.165) is 12.8 Å². The third-order valence-electron chi connectivity index (χ3n) is 2.65. The van der Waals surface area contributed by atoms with Crippen molar-refractivity contribution in [2.24, 2.45) is 11.8 Å². The molecule has 0 heterocycles. The number of hydrogen-bond acceptors (Lipinski definition) is 2. The molecule has 0 saturated heterocycles. The maximum atomic E-state index is 11.6. The first-order valence-corrected chi connectivity index (χ1v) is 5.19. The number of hydrogen-bond donors (Lipinski definition) is 0. The van der Waals surface area contributed by atoms with Gasteiger partial charge in [0.25, 0.3) is 0 Å². The number of rotatable bonds is 1. The van der Waals surface area contributed by atoms with Crippen LogP contribution in [0, 0.1) is 23.7 Å². The minimum Gasteiger partial charge on any atom is -0.299 e. The van der Waals surface area contributed by atoms with Crippen LogP contribution in [0.1, 0.15) is 39.5 Å². The third kappa shape index (κ3) is 2.45. The van der Waals surface area contributed by atoms with Gasteiger partial charge in [0.15, 0.2) is 0 Å². The van der Waals surface area contributed by atoms with Gasteiger partial charge in [0, 0.05) is 25.2 Å². The maximum Gasteiger partial charge on any atom is 0.147 e. The van der Waals surface area contributed by atoms with Gasteiger partial charge in [-0.3, -0.25) is 9.59 Å². The maximum absolute atomic E-state index is 11.6. The second-order valence-electron chi connectivity index (χ2n) is 3.77. The molecule has 0 bridgehead atoms. The Bertz CT molecular complexity index is 293. The second kappa shape index (κ2) is 4.95. The first kappa shape index (κ1) is 11.0. The predicted molar refractivity (Wildman–Crippen MR) is 54.6 cm³/mol. The smallest absolute Gasteiger partial charge is 0.147 e. The molecule has 1 aliphatic carbocycles. The predicted octanol–water partition coefficient (Wildman–Crippen LogP) is 1.97. The lowest BCUT2D eigenvalue weighted by atomic mass is 9.79. The third-order valence-corrected chi connectivity index (χ3v) is 2.65. The number of Topliss-reactive ketones (excluding diaryl/α,β-unsaturated/α-hetero) is 2. The summed E-state index contributed by atoms with van der Waals surface area (Å²) in [6.07, 6.45) is 2.47. The van der Waals surface area contributed by atoms with Gasteiger partial charge < -0.3 is 0 Å². The van der Waals surface area contributed by atoms with Gasteiger partial charge in [-0.1, -0.05) is 13.8 Å². The summed E-state index contributed by atoms with van der Waals surface area (Å²) in [5, 5.41) is 0. The lowest BCUT2D eigenvalue weighted by molar-refractivity contribution is -0.138. The SMILES string of the molecule is CCC#CCC1C(=O)CCC(C)C1=O. The fraction of sp³-hybridized carbons (Fsp3) is 0.667. The van der Waals surface area contributed by atoms with Crippen molar-refractivity contribution in [1.29, 1.82) is 0 Å². The number of carbonyl (C=O) groups excluding carboxylic acids is 2. The van der Waals surface area contributed by atoms with Gasteiger partial charge in [-0.25, -0.2) is 0 Å². The molecule has 2 heteroatoms. The van der Waals surface area contributed by atoms with E-state index in [1.807, 2.05) is 13.8 Å². The van der Waals surface area contributed by atoms with E-state index in [4.69, 9.17) is 0 Å². The van der Waals surface area contributed by atoms with E-state index >= 15 is 0 Å². The van der Waals surface area contributed by atoms with Crippen molar-refractivity contribution < 1.29 is 9.59 Å². The van der Waals surface area contributed by atoms with Gasteiger partial charge in [0.2, 0.25) is 0 Å². The lowest BCUT2D eigenvalue weighted by Gasteiger charge is -2.22. The zero-order valence-electron chi connectivity index (χ0n) is 8.80. The van der Waals surface area contributed by atoms with Crippen LogP contribution in [0.3, 0.4) is 0 Å². The highest BCUT2D eigenvalue weighted by Gasteiger charge is 2.33. The summed E-state index contributed by atoms with van der Waals surface area (Å²) in [5.41, 5.74) is 0. The molecule has 14 heavy (non-hydrogen) atoms. The fourth-order valence-corrected chi connectivity index (χ4v) is 1.69. The molecule has 2 atom stereocenters. The van der Waals surface area contributed by atoms with E-state index in [-0.39, 0.29) is 17.5 Å². The van der Waals surface area contributed by atoms with Gasteiger partial charge >= 0.3 is 0 Å². The molecule has 1 saturated carbocycles. The first-order valence-electron chi connectivity index (χ1n) is 5.19. The Labute approximate surface area is 85.1 Å². The van der Waals surface area contributed by atoms with E-state index in [1.54, 1.807) is 0 Å². The van der Waals surface area contributed by atoms with Crippen molar-refractivity contribution in [3.63, 3.8) is 0 Å². The molecule has 1 rings (SSSR count). The summed E-state index contributed by atoms with van der Waals surface area (Å²) in [7, 11) is 0. The molecule has 76 valence electrons. The molecule has 1 fully saturated rings. The standard InChI is InChI=1S/C12H16O2/c1-3-4-5-6-10-11(13)8-7-9(2)12(10)14/h9-10H,3,6-8H2,1-2H3. The van der Waals surface area contributed by atoms with Crippen LogP contribution in [0.2, 0.25) is 0 Å². The van der Waals surface area contributed by atoms with Crippen LogP contribution in [0.15, 0.2) is 0 Å². The number of carbonyl (C=O) groups is 2. The van der Waals surface area contributed by atoms with Crippen molar-refractivity contribution in [3.8, 4) is 11.8 Å². The van der Waals surface area contributed by atoms with E-state index in [9.17, 15) is 9.59 Å². The molecule has 0 aromatic heterocycles. The normalized spacial score (nSPS) is 27.0. The van der Waals surface area contributed by atoms with Crippen molar-refractivity contribution in [2.75, 3.05) is 0 Å². The summed E-state index contributed by atoms with van der Waals surface area (Å²) in [6, 6.07) is 0. The minimum absolute atomic E-state index is 0.0427. The van der Waals surface area contributed by atoms with Crippen LogP contribution in [0.25, 0.3) is 0 Å². The van der Waals surface area contributed by atoms with Crippen LogP contribution in [-0.2, 0) is 9.59 Å². The minimum atomic E-state index is -0.433. The molecule has 1 aliphatic rings. The van der Waals surface area contributed by atoms with Crippen LogP contribution >= 0.6 is 0 Å². The van der Waals surface area contributed by atoms with E-state index in [1.165, 1.54) is 0 Å². The molecular formula is C12H16O2. The largest absolute Gasteiger partial charge is 0.299 e. The average molecular weight is 192 g/mol. The van der Waals surface area contributed by atoms with Crippen LogP contribution in [-0.4, -0.2) is 11.6 Å². The monoisotopic (exact) mass is 192 g/mol. The Morgan fingerprint density at radius 1 is 1.36 bits per heavy atom. The van der Waals surface area contributed by atoms with E-state index in [0.29, 0.717) is 12.8 Å². The van der Waals surface area contributed by atoms with Gasteiger partial charge in [-0.2, -0.15) is 0 Å². The van der Waals surface area contributed by atoms with Gasteiger partial charge in [0.1, 0.15) is 11.6 Å². The molecule has 0 aromatic carbocycles. The van der Waals surface area contributed by atoms with Gasteiger partial charge in [-0.15, -0.1) is 11.8 Å². The van der Waals surface area contributed by atoms with Gasteiger partial charge in [-0.05, 0) is 6.42 Å². The van der Waals surface area contributed by atoms with Crippen LogP contribution in [0.4, 0.5) is 0 Å². The average Bonchev–Trinajstić information content (AvgIpc) is 2.18. The summed E-state index contributed by atoms with van der Waals surface area (Å²) >= 11 is 0.